The topological polar surface area (TPSA) is 36.4 Å². The maximum absolute atomic E-state index is 4.53. The van der Waals surface area contributed by atoms with Gasteiger partial charge in [0.1, 0.15) is 0 Å². The highest BCUT2D eigenvalue weighted by Gasteiger charge is 2.13. The number of benzene rings is 2. The predicted molar refractivity (Wildman–Crippen MR) is 125 cm³/mol. The molecule has 0 bridgehead atoms. The molecule has 1 atom stereocenters. The summed E-state index contributed by atoms with van der Waals surface area (Å²) < 4.78 is 0. The highest BCUT2D eigenvalue weighted by molar-refractivity contribution is 7.08. The summed E-state index contributed by atoms with van der Waals surface area (Å²) in [5, 5.41) is 11.3. The van der Waals surface area contributed by atoms with Gasteiger partial charge in [-0.15, -0.1) is 0 Å². The minimum Gasteiger partial charge on any atom is -0.361 e. The smallest absolute Gasteiger partial charge is 0.0660 e. The van der Waals surface area contributed by atoms with Gasteiger partial charge in [-0.05, 0) is 74.8 Å². The van der Waals surface area contributed by atoms with Gasteiger partial charge < -0.3 is 10.6 Å². The Hall–Kier alpha value is -2.95. The lowest BCUT2D eigenvalue weighted by molar-refractivity contribution is 0.555. The van der Waals surface area contributed by atoms with Gasteiger partial charge in [0.2, 0.25) is 0 Å². The molecule has 144 valence electrons. The highest BCUT2D eigenvalue weighted by Crippen LogP contribution is 2.30. The van der Waals surface area contributed by atoms with Crippen molar-refractivity contribution in [1.29, 1.82) is 0 Å². The Balaban J connectivity index is 1.36. The van der Waals surface area contributed by atoms with E-state index >= 15 is 0 Å². The first-order valence-electron chi connectivity index (χ1n) is 9.97. The van der Waals surface area contributed by atoms with Gasteiger partial charge in [0, 0.05) is 30.7 Å². The van der Waals surface area contributed by atoms with Crippen molar-refractivity contribution in [2.45, 2.75) is 12.5 Å². The van der Waals surface area contributed by atoms with Crippen LogP contribution in [-0.2, 0) is 0 Å². The van der Waals surface area contributed by atoms with Gasteiger partial charge in [-0.3, -0.25) is 4.99 Å². The molecule has 0 aliphatic carbocycles. The highest BCUT2D eigenvalue weighted by atomic mass is 32.1. The molecule has 0 saturated carbocycles. The summed E-state index contributed by atoms with van der Waals surface area (Å²) in [5.41, 5.74) is 8.60. The molecule has 5 rings (SSSR count). The molecule has 1 aromatic heterocycles. The zero-order valence-corrected chi connectivity index (χ0v) is 17.0. The number of rotatable bonds is 4. The van der Waals surface area contributed by atoms with E-state index < -0.39 is 0 Å². The fourth-order valence-corrected chi connectivity index (χ4v) is 4.52. The van der Waals surface area contributed by atoms with Gasteiger partial charge in [-0.25, -0.2) is 0 Å². The molecule has 2 aliphatic rings. The molecule has 3 heterocycles. The maximum Gasteiger partial charge on any atom is 0.0660 e. The SMILES string of the molecule is C1=CCC(c2ccc(NC=C3CN=Cc4ccc(-c5ccsc5)cc43)cc2)NC1. The van der Waals surface area contributed by atoms with E-state index in [1.54, 1.807) is 11.3 Å². The Morgan fingerprint density at radius 2 is 1.97 bits per heavy atom. The number of thiophene rings is 1. The van der Waals surface area contributed by atoms with Crippen LogP contribution in [0.25, 0.3) is 16.7 Å². The second-order valence-electron chi connectivity index (χ2n) is 7.39. The van der Waals surface area contributed by atoms with E-state index in [1.807, 2.05) is 6.21 Å². The summed E-state index contributed by atoms with van der Waals surface area (Å²) in [6, 6.07) is 17.9. The van der Waals surface area contributed by atoms with E-state index in [9.17, 15) is 0 Å². The molecule has 29 heavy (non-hydrogen) atoms. The van der Waals surface area contributed by atoms with Crippen molar-refractivity contribution in [1.82, 2.24) is 5.32 Å². The van der Waals surface area contributed by atoms with Crippen molar-refractivity contribution in [3.8, 4) is 11.1 Å². The van der Waals surface area contributed by atoms with E-state index in [2.05, 4.69) is 93.3 Å². The van der Waals surface area contributed by atoms with Crippen LogP contribution in [-0.4, -0.2) is 19.3 Å². The molecular formula is C25H23N3S. The van der Waals surface area contributed by atoms with Crippen LogP contribution in [0.15, 0.2) is 82.6 Å². The minimum atomic E-state index is 0.419. The average molecular weight is 398 g/mol. The van der Waals surface area contributed by atoms with Crippen molar-refractivity contribution in [3.63, 3.8) is 0 Å². The van der Waals surface area contributed by atoms with Crippen molar-refractivity contribution in [2.24, 2.45) is 4.99 Å². The summed E-state index contributed by atoms with van der Waals surface area (Å²) in [5.74, 6) is 0. The monoisotopic (exact) mass is 397 g/mol. The molecule has 3 aromatic rings. The molecule has 3 nitrogen and oxygen atoms in total. The zero-order chi connectivity index (χ0) is 19.5. The lowest BCUT2D eigenvalue weighted by atomic mass is 9.94. The van der Waals surface area contributed by atoms with E-state index in [0.29, 0.717) is 12.6 Å². The first kappa shape index (κ1) is 18.1. The molecule has 0 amide bonds. The molecule has 0 radical (unpaired) electrons. The fourth-order valence-electron chi connectivity index (χ4n) is 3.85. The first-order valence-corrected chi connectivity index (χ1v) is 10.9. The summed E-state index contributed by atoms with van der Waals surface area (Å²) in [4.78, 5) is 4.53. The second kappa shape index (κ2) is 8.19. The Bertz CT molecular complexity index is 1080. The van der Waals surface area contributed by atoms with Crippen LogP contribution in [0, 0.1) is 0 Å². The number of aliphatic imine (C=N–C) groups is 1. The van der Waals surface area contributed by atoms with Gasteiger partial charge in [-0.1, -0.05) is 36.4 Å². The minimum absolute atomic E-state index is 0.419. The normalized spacial score (nSPS) is 19.3. The molecular weight excluding hydrogens is 374 g/mol. The van der Waals surface area contributed by atoms with Crippen LogP contribution < -0.4 is 10.6 Å². The van der Waals surface area contributed by atoms with Crippen molar-refractivity contribution < 1.29 is 0 Å². The first-order chi connectivity index (χ1) is 14.4. The molecule has 1 unspecified atom stereocenters. The van der Waals surface area contributed by atoms with Crippen LogP contribution in [0.3, 0.4) is 0 Å². The van der Waals surface area contributed by atoms with E-state index in [4.69, 9.17) is 0 Å². The van der Waals surface area contributed by atoms with Crippen LogP contribution >= 0.6 is 11.3 Å². The Kier molecular flexibility index (Phi) is 5.11. The number of hydrogen-bond donors (Lipinski definition) is 2. The predicted octanol–water partition coefficient (Wildman–Crippen LogP) is 5.89. The van der Waals surface area contributed by atoms with Gasteiger partial charge >= 0.3 is 0 Å². The molecule has 0 saturated heterocycles. The Morgan fingerprint density at radius 3 is 2.76 bits per heavy atom. The van der Waals surface area contributed by atoms with Crippen molar-refractivity contribution >= 4 is 28.8 Å². The largest absolute Gasteiger partial charge is 0.361 e. The summed E-state index contributed by atoms with van der Waals surface area (Å²) in [6.07, 6.45) is 9.57. The Morgan fingerprint density at radius 1 is 1.03 bits per heavy atom. The molecule has 2 aliphatic heterocycles. The van der Waals surface area contributed by atoms with Crippen LogP contribution in [0.1, 0.15) is 29.2 Å². The van der Waals surface area contributed by atoms with Crippen LogP contribution in [0.4, 0.5) is 5.69 Å². The summed E-state index contributed by atoms with van der Waals surface area (Å²) >= 11 is 1.73. The third-order valence-electron chi connectivity index (χ3n) is 5.49. The molecule has 2 aromatic carbocycles. The standard InChI is InChI=1S/C25H23N3S/c1-2-11-27-25(3-1)18-6-8-23(9-7-18)28-16-22-15-26-14-20-5-4-19(13-24(20)22)21-10-12-29-17-21/h1-2,4-10,12-14,16-17,25,27-28H,3,11,15H2. The van der Waals surface area contributed by atoms with Gasteiger partial charge in [0.25, 0.3) is 0 Å². The maximum atomic E-state index is 4.53. The van der Waals surface area contributed by atoms with E-state index in [-0.39, 0.29) is 0 Å². The number of hydrogen-bond acceptors (Lipinski definition) is 4. The average Bonchev–Trinajstić information content (AvgIpc) is 3.33. The Labute approximate surface area is 175 Å². The molecule has 0 spiro atoms. The zero-order valence-electron chi connectivity index (χ0n) is 16.1. The number of fused-ring (bicyclic) bond motifs is 1. The lowest BCUT2D eigenvalue weighted by Crippen LogP contribution is -2.23. The van der Waals surface area contributed by atoms with Crippen molar-refractivity contribution in [3.05, 3.63) is 94.3 Å². The van der Waals surface area contributed by atoms with Gasteiger partial charge in [0.15, 0.2) is 0 Å². The molecule has 2 N–H and O–H groups in total. The lowest BCUT2D eigenvalue weighted by Gasteiger charge is -2.20. The van der Waals surface area contributed by atoms with Crippen LogP contribution in [0.2, 0.25) is 0 Å². The second-order valence-corrected chi connectivity index (χ2v) is 8.17. The number of nitrogens with one attached hydrogen (secondary N) is 2. The summed E-state index contributed by atoms with van der Waals surface area (Å²) in [6.45, 7) is 1.65. The third kappa shape index (κ3) is 3.95. The summed E-state index contributed by atoms with van der Waals surface area (Å²) in [7, 11) is 0. The fraction of sp³-hybridized carbons (Fsp3) is 0.160. The quantitative estimate of drug-likeness (QED) is 0.539. The third-order valence-corrected chi connectivity index (χ3v) is 6.18. The van der Waals surface area contributed by atoms with Gasteiger partial charge in [-0.2, -0.15) is 11.3 Å². The van der Waals surface area contributed by atoms with Crippen LogP contribution in [0.5, 0.6) is 0 Å². The van der Waals surface area contributed by atoms with Crippen molar-refractivity contribution in [2.75, 3.05) is 18.4 Å². The number of nitrogens with zero attached hydrogens (tertiary/aromatic N) is 1. The number of anilines is 1. The molecule has 4 heteroatoms. The van der Waals surface area contributed by atoms with E-state index in [0.717, 1.165) is 18.7 Å². The van der Waals surface area contributed by atoms with E-state index in [1.165, 1.54) is 33.4 Å². The molecule has 0 fully saturated rings. The van der Waals surface area contributed by atoms with Gasteiger partial charge in [0.05, 0.1) is 6.54 Å².